The Balaban J connectivity index is 2.17. The highest BCUT2D eigenvalue weighted by molar-refractivity contribution is 5.96. The van der Waals surface area contributed by atoms with Crippen molar-refractivity contribution < 1.29 is 14.7 Å². The number of piperidine rings is 1. The van der Waals surface area contributed by atoms with Crippen molar-refractivity contribution in [1.29, 1.82) is 0 Å². The van der Waals surface area contributed by atoms with E-state index in [1.165, 1.54) is 4.90 Å². The fraction of sp³-hybridized carbons (Fsp3) is 0.429. The van der Waals surface area contributed by atoms with Gasteiger partial charge in [-0.1, -0.05) is 18.2 Å². The lowest BCUT2D eigenvalue weighted by Crippen LogP contribution is -2.47. The maximum absolute atomic E-state index is 12.4. The number of carboxylic acid groups (broad SMARTS) is 1. The molecule has 19 heavy (non-hydrogen) atoms. The number of carboxylic acids is 1. The highest BCUT2D eigenvalue weighted by atomic mass is 16.4. The molecule has 0 aromatic heterocycles. The maximum atomic E-state index is 12.4. The van der Waals surface area contributed by atoms with Gasteiger partial charge < -0.3 is 10.0 Å². The zero-order chi connectivity index (χ0) is 13.7. The molecule has 1 fully saturated rings. The molecule has 1 aliphatic heterocycles. The van der Waals surface area contributed by atoms with E-state index in [0.29, 0.717) is 18.8 Å². The summed E-state index contributed by atoms with van der Waals surface area (Å²) in [5.74, 6) is -1.01. The molecular weight excluding hydrogens is 244 g/mol. The van der Waals surface area contributed by atoms with Gasteiger partial charge in [0.25, 0.3) is 0 Å². The Labute approximate surface area is 112 Å². The third-order valence-corrected chi connectivity index (χ3v) is 3.22. The molecule has 0 saturated carbocycles. The van der Waals surface area contributed by atoms with Crippen LogP contribution in [-0.2, 0) is 4.79 Å². The molecule has 1 aliphatic rings. The number of likely N-dealkylation sites (tertiary alicyclic amines) is 1. The second kappa shape index (κ2) is 6.22. The van der Waals surface area contributed by atoms with Gasteiger partial charge in [-0.15, -0.1) is 0 Å². The van der Waals surface area contributed by atoms with Gasteiger partial charge in [0.2, 0.25) is 0 Å². The number of amides is 2. The summed E-state index contributed by atoms with van der Waals surface area (Å²) in [5.41, 5.74) is 0.625. The second-order valence-electron chi connectivity index (χ2n) is 4.65. The standard InChI is InChI=1S/C14H18N2O3/c17-13(18)11-16(12-7-3-1-4-8-12)14(19)15-9-5-2-6-10-15/h1,3-4,7-8H,2,5-6,9-11H2,(H,17,18). The van der Waals surface area contributed by atoms with Gasteiger partial charge in [0.15, 0.2) is 0 Å². The van der Waals surface area contributed by atoms with Crippen LogP contribution in [0.15, 0.2) is 30.3 Å². The molecule has 1 aromatic rings. The van der Waals surface area contributed by atoms with Crippen molar-refractivity contribution in [3.05, 3.63) is 30.3 Å². The van der Waals surface area contributed by atoms with Crippen LogP contribution in [0.1, 0.15) is 19.3 Å². The lowest BCUT2D eigenvalue weighted by atomic mass is 10.1. The number of rotatable bonds is 3. The summed E-state index contributed by atoms with van der Waals surface area (Å²) in [6, 6.07) is 8.73. The third kappa shape index (κ3) is 3.47. The molecule has 1 saturated heterocycles. The molecule has 5 heteroatoms. The first-order valence-electron chi connectivity index (χ1n) is 6.52. The molecule has 0 unspecified atom stereocenters. The molecule has 5 nitrogen and oxygen atoms in total. The number of para-hydroxylation sites is 1. The molecular formula is C14H18N2O3. The molecule has 1 N–H and O–H groups in total. The number of anilines is 1. The molecule has 0 aliphatic carbocycles. The lowest BCUT2D eigenvalue weighted by Gasteiger charge is -2.32. The molecule has 0 atom stereocenters. The Morgan fingerprint density at radius 3 is 2.32 bits per heavy atom. The minimum absolute atomic E-state index is 0.215. The number of hydrogen-bond acceptors (Lipinski definition) is 2. The minimum atomic E-state index is -1.01. The van der Waals surface area contributed by atoms with Gasteiger partial charge in [-0.05, 0) is 31.4 Å². The Kier molecular flexibility index (Phi) is 4.39. The number of hydrogen-bond donors (Lipinski definition) is 1. The smallest absolute Gasteiger partial charge is 0.325 e. The average molecular weight is 262 g/mol. The van der Waals surface area contributed by atoms with Crippen molar-refractivity contribution in [2.45, 2.75) is 19.3 Å². The van der Waals surface area contributed by atoms with E-state index in [1.807, 2.05) is 6.07 Å². The average Bonchev–Trinajstić information content (AvgIpc) is 2.46. The van der Waals surface area contributed by atoms with E-state index in [0.717, 1.165) is 19.3 Å². The third-order valence-electron chi connectivity index (χ3n) is 3.22. The monoisotopic (exact) mass is 262 g/mol. The summed E-state index contributed by atoms with van der Waals surface area (Å²) in [4.78, 5) is 26.4. The molecule has 1 heterocycles. The van der Waals surface area contributed by atoms with Crippen molar-refractivity contribution >= 4 is 17.7 Å². The van der Waals surface area contributed by atoms with Crippen LogP contribution >= 0.6 is 0 Å². The molecule has 0 bridgehead atoms. The minimum Gasteiger partial charge on any atom is -0.480 e. The fourth-order valence-corrected chi connectivity index (χ4v) is 2.27. The van der Waals surface area contributed by atoms with Crippen molar-refractivity contribution in [1.82, 2.24) is 4.90 Å². The summed E-state index contributed by atoms with van der Waals surface area (Å²) in [7, 11) is 0. The lowest BCUT2D eigenvalue weighted by molar-refractivity contribution is -0.135. The topological polar surface area (TPSA) is 60.9 Å². The number of nitrogens with zero attached hydrogens (tertiary/aromatic N) is 2. The number of benzene rings is 1. The van der Waals surface area contributed by atoms with Gasteiger partial charge in [-0.2, -0.15) is 0 Å². The summed E-state index contributed by atoms with van der Waals surface area (Å²) >= 11 is 0. The first kappa shape index (κ1) is 13.4. The van der Waals surface area contributed by atoms with Crippen LogP contribution in [0.25, 0.3) is 0 Å². The first-order chi connectivity index (χ1) is 9.18. The quantitative estimate of drug-likeness (QED) is 0.908. The van der Waals surface area contributed by atoms with Crippen LogP contribution in [0.4, 0.5) is 10.5 Å². The van der Waals surface area contributed by atoms with Gasteiger partial charge in [-0.3, -0.25) is 9.69 Å². The Bertz CT molecular complexity index is 441. The fourth-order valence-electron chi connectivity index (χ4n) is 2.27. The van der Waals surface area contributed by atoms with E-state index in [2.05, 4.69) is 0 Å². The summed E-state index contributed by atoms with van der Waals surface area (Å²) < 4.78 is 0. The van der Waals surface area contributed by atoms with Gasteiger partial charge in [0, 0.05) is 18.8 Å². The number of aliphatic carboxylic acids is 1. The number of carbonyl (C=O) groups excluding carboxylic acids is 1. The van der Waals surface area contributed by atoms with Crippen LogP contribution in [0, 0.1) is 0 Å². The number of carbonyl (C=O) groups is 2. The van der Waals surface area contributed by atoms with Crippen LogP contribution in [0.2, 0.25) is 0 Å². The predicted octanol–water partition coefficient (Wildman–Crippen LogP) is 2.18. The molecule has 102 valence electrons. The Morgan fingerprint density at radius 1 is 1.11 bits per heavy atom. The summed E-state index contributed by atoms with van der Waals surface area (Å²) in [6.07, 6.45) is 3.11. The van der Waals surface area contributed by atoms with Gasteiger partial charge >= 0.3 is 12.0 Å². The van der Waals surface area contributed by atoms with E-state index in [9.17, 15) is 9.59 Å². The Hall–Kier alpha value is -2.04. The van der Waals surface area contributed by atoms with Crippen LogP contribution in [0.3, 0.4) is 0 Å². The van der Waals surface area contributed by atoms with E-state index >= 15 is 0 Å². The highest BCUT2D eigenvalue weighted by Gasteiger charge is 2.25. The second-order valence-corrected chi connectivity index (χ2v) is 4.65. The summed E-state index contributed by atoms with van der Waals surface area (Å²) in [5, 5.41) is 8.98. The predicted molar refractivity (Wildman–Crippen MR) is 72.2 cm³/mol. The van der Waals surface area contributed by atoms with Crippen molar-refractivity contribution in [3.63, 3.8) is 0 Å². The van der Waals surface area contributed by atoms with Gasteiger partial charge in [0.05, 0.1) is 0 Å². The Morgan fingerprint density at radius 2 is 1.74 bits per heavy atom. The van der Waals surface area contributed by atoms with Crippen LogP contribution in [0.5, 0.6) is 0 Å². The maximum Gasteiger partial charge on any atom is 0.325 e. The van der Waals surface area contributed by atoms with Gasteiger partial charge in [-0.25, -0.2) is 4.79 Å². The molecule has 2 amide bonds. The van der Waals surface area contributed by atoms with E-state index < -0.39 is 5.97 Å². The molecule has 0 radical (unpaired) electrons. The zero-order valence-corrected chi connectivity index (χ0v) is 10.8. The normalized spacial score (nSPS) is 15.1. The molecule has 2 rings (SSSR count). The van der Waals surface area contributed by atoms with Crippen molar-refractivity contribution in [3.8, 4) is 0 Å². The zero-order valence-electron chi connectivity index (χ0n) is 10.8. The molecule has 1 aromatic carbocycles. The highest BCUT2D eigenvalue weighted by Crippen LogP contribution is 2.18. The SMILES string of the molecule is O=C(O)CN(C(=O)N1CCCCC1)c1ccccc1. The van der Waals surface area contributed by atoms with E-state index in [-0.39, 0.29) is 12.6 Å². The van der Waals surface area contributed by atoms with Gasteiger partial charge in [0.1, 0.15) is 6.54 Å². The molecule has 0 spiro atoms. The van der Waals surface area contributed by atoms with Crippen molar-refractivity contribution in [2.24, 2.45) is 0 Å². The largest absolute Gasteiger partial charge is 0.480 e. The number of urea groups is 1. The van der Waals surface area contributed by atoms with E-state index in [1.54, 1.807) is 29.2 Å². The van der Waals surface area contributed by atoms with Crippen molar-refractivity contribution in [2.75, 3.05) is 24.5 Å². The first-order valence-corrected chi connectivity index (χ1v) is 6.52. The summed E-state index contributed by atoms with van der Waals surface area (Å²) in [6.45, 7) is 1.11. The van der Waals surface area contributed by atoms with E-state index in [4.69, 9.17) is 5.11 Å². The van der Waals surface area contributed by atoms with Crippen LogP contribution < -0.4 is 4.90 Å². The van der Waals surface area contributed by atoms with Crippen LogP contribution in [-0.4, -0.2) is 41.6 Å².